The minimum absolute atomic E-state index is 0.142. The fourth-order valence-electron chi connectivity index (χ4n) is 1.45. The van der Waals surface area contributed by atoms with E-state index in [9.17, 15) is 4.79 Å². The summed E-state index contributed by atoms with van der Waals surface area (Å²) in [6.45, 7) is 1.80. The molecule has 1 rings (SSSR count). The molecule has 0 aliphatic carbocycles. The Hall–Kier alpha value is -2.29. The van der Waals surface area contributed by atoms with Gasteiger partial charge in [-0.05, 0) is 40.5 Å². The molecule has 0 radical (unpaired) electrons. The number of carbonyl (C=O) groups is 1. The van der Waals surface area contributed by atoms with Gasteiger partial charge in [0.25, 0.3) is 0 Å². The Morgan fingerprint density at radius 3 is 2.73 bits per heavy atom. The van der Waals surface area contributed by atoms with Crippen LogP contribution in [0, 0.1) is 0 Å². The average molecular weight is 373 g/mol. The van der Waals surface area contributed by atoms with E-state index >= 15 is 0 Å². The van der Waals surface area contributed by atoms with Gasteiger partial charge in [0.1, 0.15) is 0 Å². The fraction of sp³-hybridized carbons (Fsp3) is 0.308. The van der Waals surface area contributed by atoms with Gasteiger partial charge in [0.05, 0.1) is 24.4 Å². The molecule has 0 fully saturated rings. The zero-order valence-corrected chi connectivity index (χ0v) is 13.8. The summed E-state index contributed by atoms with van der Waals surface area (Å²) in [4.78, 5) is 11.3. The lowest BCUT2D eigenvalue weighted by Gasteiger charge is -2.12. The van der Waals surface area contributed by atoms with Crippen LogP contribution in [0.15, 0.2) is 26.8 Å². The number of hydrogen-bond donors (Lipinski definition) is 2. The van der Waals surface area contributed by atoms with Crippen LogP contribution in [0.2, 0.25) is 0 Å². The maximum absolute atomic E-state index is 11.3. The summed E-state index contributed by atoms with van der Waals surface area (Å²) >= 11 is 3.34. The number of hydrogen-bond acceptors (Lipinski definition) is 6. The fourth-order valence-corrected chi connectivity index (χ4v) is 2.02. The van der Waals surface area contributed by atoms with E-state index in [-0.39, 0.29) is 12.6 Å². The first-order valence-electron chi connectivity index (χ1n) is 6.25. The van der Waals surface area contributed by atoms with Crippen molar-refractivity contribution < 1.29 is 19.0 Å². The van der Waals surface area contributed by atoms with Crippen LogP contribution in [0.25, 0.3) is 0 Å². The summed E-state index contributed by atoms with van der Waals surface area (Å²) in [5.41, 5.74) is 11.0. The van der Waals surface area contributed by atoms with Crippen molar-refractivity contribution in [3.05, 3.63) is 22.2 Å². The first-order valence-corrected chi connectivity index (χ1v) is 7.05. The summed E-state index contributed by atoms with van der Waals surface area (Å²) in [5, 5.41) is 7.21. The van der Waals surface area contributed by atoms with Crippen molar-refractivity contribution in [1.29, 1.82) is 0 Å². The molecule has 120 valence electrons. The highest BCUT2D eigenvalue weighted by Crippen LogP contribution is 2.36. The Labute approximate surface area is 136 Å². The van der Waals surface area contributed by atoms with Gasteiger partial charge in [-0.15, -0.1) is 5.10 Å². The van der Waals surface area contributed by atoms with E-state index in [0.717, 1.165) is 0 Å². The molecule has 0 saturated heterocycles. The van der Waals surface area contributed by atoms with Crippen molar-refractivity contribution in [1.82, 2.24) is 0 Å². The van der Waals surface area contributed by atoms with E-state index in [1.807, 2.05) is 0 Å². The van der Waals surface area contributed by atoms with Gasteiger partial charge in [-0.3, -0.25) is 0 Å². The van der Waals surface area contributed by atoms with E-state index in [1.165, 1.54) is 13.3 Å². The van der Waals surface area contributed by atoms with Gasteiger partial charge in [-0.1, -0.05) is 0 Å². The van der Waals surface area contributed by atoms with Gasteiger partial charge in [0.15, 0.2) is 18.1 Å². The zero-order valence-electron chi connectivity index (χ0n) is 12.2. The molecule has 0 spiro atoms. The summed E-state index contributed by atoms with van der Waals surface area (Å²) in [6.07, 6.45) is 1.45. The summed E-state index contributed by atoms with van der Waals surface area (Å²) in [5.74, 6) is 0.200. The first-order chi connectivity index (χ1) is 10.5. The molecule has 0 saturated carbocycles. The number of esters is 1. The molecular weight excluding hydrogens is 356 g/mol. The largest absolute Gasteiger partial charge is 0.493 e. The molecule has 0 heterocycles. The van der Waals surface area contributed by atoms with Crippen LogP contribution < -0.4 is 20.9 Å². The lowest BCUT2D eigenvalue weighted by atomic mass is 10.2. The van der Waals surface area contributed by atoms with E-state index in [1.54, 1.807) is 19.1 Å². The van der Waals surface area contributed by atoms with Crippen molar-refractivity contribution >= 4 is 34.1 Å². The average Bonchev–Trinajstić information content (AvgIpc) is 2.45. The predicted molar refractivity (Wildman–Crippen MR) is 86.2 cm³/mol. The number of methoxy groups -OCH3 is 1. The Kier molecular flexibility index (Phi) is 7.17. The van der Waals surface area contributed by atoms with Gasteiger partial charge in [-0.25, -0.2) is 4.79 Å². The molecule has 0 unspecified atom stereocenters. The topological polar surface area (TPSA) is 122 Å². The third kappa shape index (κ3) is 5.60. The number of ether oxygens (including phenoxy) is 3. The third-order valence-electron chi connectivity index (χ3n) is 2.27. The number of rotatable bonds is 7. The molecule has 8 nitrogen and oxygen atoms in total. The van der Waals surface area contributed by atoms with Crippen molar-refractivity contribution in [3.8, 4) is 11.5 Å². The summed E-state index contributed by atoms with van der Waals surface area (Å²) in [7, 11) is 1.48. The SMILES string of the molecule is CCOC(=O)COc1c(Br)cc(C=NN=C(N)N)cc1OC. The molecule has 4 N–H and O–H groups in total. The van der Waals surface area contributed by atoms with Gasteiger partial charge in [0, 0.05) is 0 Å². The lowest BCUT2D eigenvalue weighted by molar-refractivity contribution is -0.145. The predicted octanol–water partition coefficient (Wildman–Crippen LogP) is 1.01. The van der Waals surface area contributed by atoms with Crippen LogP contribution in [0.4, 0.5) is 0 Å². The minimum Gasteiger partial charge on any atom is -0.493 e. The van der Waals surface area contributed by atoms with Gasteiger partial charge in [-0.2, -0.15) is 5.10 Å². The van der Waals surface area contributed by atoms with E-state index in [2.05, 4.69) is 26.1 Å². The smallest absolute Gasteiger partial charge is 0.344 e. The summed E-state index contributed by atoms with van der Waals surface area (Å²) < 4.78 is 16.0. The van der Waals surface area contributed by atoms with E-state index in [4.69, 9.17) is 25.7 Å². The van der Waals surface area contributed by atoms with Crippen LogP contribution in [-0.2, 0) is 9.53 Å². The Bertz CT molecular complexity index is 586. The van der Waals surface area contributed by atoms with Gasteiger partial charge >= 0.3 is 5.97 Å². The number of nitrogens with two attached hydrogens (primary N) is 2. The maximum Gasteiger partial charge on any atom is 0.344 e. The normalized spacial score (nSPS) is 10.3. The maximum atomic E-state index is 11.3. The third-order valence-corrected chi connectivity index (χ3v) is 2.86. The van der Waals surface area contributed by atoms with Crippen molar-refractivity contribution in [2.24, 2.45) is 21.7 Å². The molecule has 0 aliphatic heterocycles. The highest BCUT2D eigenvalue weighted by atomic mass is 79.9. The number of guanidine groups is 1. The molecule has 0 aliphatic rings. The Balaban J connectivity index is 2.93. The van der Waals surface area contributed by atoms with Gasteiger partial charge < -0.3 is 25.7 Å². The van der Waals surface area contributed by atoms with Crippen molar-refractivity contribution in [2.45, 2.75) is 6.92 Å². The first kappa shape index (κ1) is 17.8. The summed E-state index contributed by atoms with van der Waals surface area (Å²) in [6, 6.07) is 3.38. The zero-order chi connectivity index (χ0) is 16.5. The molecule has 0 amide bonds. The minimum atomic E-state index is -0.463. The van der Waals surface area contributed by atoms with Crippen LogP contribution in [0.5, 0.6) is 11.5 Å². The monoisotopic (exact) mass is 372 g/mol. The van der Waals surface area contributed by atoms with Crippen LogP contribution in [0.1, 0.15) is 12.5 Å². The second-order valence-electron chi connectivity index (χ2n) is 3.90. The molecular formula is C13H17BrN4O4. The standard InChI is InChI=1S/C13H17BrN4O4/c1-3-21-11(19)7-22-12-9(14)4-8(5-10(12)20-2)6-17-18-13(15)16/h4-6H,3,7H2,1-2H3,(H4,15,16,18). The second-order valence-corrected chi connectivity index (χ2v) is 4.75. The quantitative estimate of drug-likeness (QED) is 0.318. The highest BCUT2D eigenvalue weighted by molar-refractivity contribution is 9.10. The van der Waals surface area contributed by atoms with Crippen molar-refractivity contribution in [2.75, 3.05) is 20.3 Å². The number of halogens is 1. The highest BCUT2D eigenvalue weighted by Gasteiger charge is 2.13. The Morgan fingerprint density at radius 2 is 2.14 bits per heavy atom. The molecule has 0 atom stereocenters. The molecule has 1 aromatic rings. The van der Waals surface area contributed by atoms with E-state index in [0.29, 0.717) is 28.1 Å². The van der Waals surface area contributed by atoms with Gasteiger partial charge in [0.2, 0.25) is 5.96 Å². The molecule has 0 aromatic heterocycles. The lowest BCUT2D eigenvalue weighted by Crippen LogP contribution is -2.21. The van der Waals surface area contributed by atoms with Crippen LogP contribution in [0.3, 0.4) is 0 Å². The van der Waals surface area contributed by atoms with Crippen LogP contribution >= 0.6 is 15.9 Å². The van der Waals surface area contributed by atoms with Crippen molar-refractivity contribution in [3.63, 3.8) is 0 Å². The molecule has 9 heteroatoms. The second kappa shape index (κ2) is 8.88. The molecule has 1 aromatic carbocycles. The molecule has 0 bridgehead atoms. The van der Waals surface area contributed by atoms with E-state index < -0.39 is 5.97 Å². The number of benzene rings is 1. The Morgan fingerprint density at radius 1 is 1.41 bits per heavy atom. The number of nitrogens with zero attached hydrogens (tertiary/aromatic N) is 2. The number of carbonyl (C=O) groups excluding carboxylic acids is 1. The van der Waals surface area contributed by atoms with Crippen LogP contribution in [-0.4, -0.2) is 38.5 Å². The molecule has 22 heavy (non-hydrogen) atoms.